The van der Waals surface area contributed by atoms with Gasteiger partial charge in [-0.15, -0.1) is 11.3 Å². The van der Waals surface area contributed by atoms with Crippen molar-refractivity contribution in [1.29, 1.82) is 0 Å². The first kappa shape index (κ1) is 19.8. The number of amides is 1. The topological polar surface area (TPSA) is 59.2 Å². The highest BCUT2D eigenvalue weighted by Gasteiger charge is 2.31. The molecule has 2 heterocycles. The van der Waals surface area contributed by atoms with Crippen LogP contribution >= 0.6 is 11.3 Å². The Labute approximate surface area is 179 Å². The predicted molar refractivity (Wildman–Crippen MR) is 121 cm³/mol. The van der Waals surface area contributed by atoms with E-state index in [1.54, 1.807) is 23.7 Å². The average Bonchev–Trinajstić information content (AvgIpc) is 3.27. The number of fused-ring (bicyclic) bond motifs is 1. The van der Waals surface area contributed by atoms with Gasteiger partial charge in [0, 0.05) is 23.6 Å². The second-order valence-electron chi connectivity index (χ2n) is 7.02. The lowest BCUT2D eigenvalue weighted by molar-refractivity contribution is -0.112. The Morgan fingerprint density at radius 3 is 2.57 bits per heavy atom. The minimum absolute atomic E-state index is 0.147. The summed E-state index contributed by atoms with van der Waals surface area (Å²) < 4.78 is 7.28. The number of hydrogen-bond donors (Lipinski definition) is 0. The largest absolute Gasteiger partial charge is 0.496 e. The van der Waals surface area contributed by atoms with Crippen molar-refractivity contribution in [3.63, 3.8) is 0 Å². The third kappa shape index (κ3) is 3.48. The van der Waals surface area contributed by atoms with Crippen LogP contribution in [0.15, 0.2) is 76.2 Å². The summed E-state index contributed by atoms with van der Waals surface area (Å²) in [6, 6.07) is 15.4. The number of para-hydroxylation sites is 2. The second kappa shape index (κ2) is 8.12. The first-order valence-electron chi connectivity index (χ1n) is 9.46. The van der Waals surface area contributed by atoms with Gasteiger partial charge in [-0.2, -0.15) is 5.10 Å². The number of anilines is 1. The second-order valence-corrected chi connectivity index (χ2v) is 7.86. The van der Waals surface area contributed by atoms with Gasteiger partial charge in [-0.05, 0) is 25.1 Å². The maximum absolute atomic E-state index is 13.0. The van der Waals surface area contributed by atoms with E-state index in [0.717, 1.165) is 33.8 Å². The molecule has 7 heteroatoms. The Kier molecular flexibility index (Phi) is 5.37. The fourth-order valence-electron chi connectivity index (χ4n) is 3.30. The summed E-state index contributed by atoms with van der Waals surface area (Å²) in [5.74, 6) is 0.581. The molecule has 0 saturated heterocycles. The molecule has 6 nitrogen and oxygen atoms in total. The van der Waals surface area contributed by atoms with Gasteiger partial charge in [-0.25, -0.2) is 4.68 Å². The van der Waals surface area contributed by atoms with E-state index in [2.05, 4.69) is 11.6 Å². The molecular formula is C23H22N4O2S. The minimum Gasteiger partial charge on any atom is -0.496 e. The molecule has 0 atom stereocenters. The van der Waals surface area contributed by atoms with Crippen LogP contribution in [0.1, 0.15) is 12.5 Å². The maximum atomic E-state index is 13.0. The van der Waals surface area contributed by atoms with Crippen molar-refractivity contribution in [3.05, 3.63) is 76.4 Å². The van der Waals surface area contributed by atoms with Crippen LogP contribution in [-0.4, -0.2) is 37.0 Å². The fourth-order valence-corrected chi connectivity index (χ4v) is 4.12. The van der Waals surface area contributed by atoms with Crippen LogP contribution in [0, 0.1) is 0 Å². The van der Waals surface area contributed by atoms with Crippen molar-refractivity contribution in [2.45, 2.75) is 6.92 Å². The van der Waals surface area contributed by atoms with Gasteiger partial charge in [0.15, 0.2) is 5.71 Å². The molecule has 1 amide bonds. The molecule has 152 valence electrons. The quantitative estimate of drug-likeness (QED) is 0.590. The summed E-state index contributed by atoms with van der Waals surface area (Å²) in [4.78, 5) is 19.9. The molecule has 0 unspecified atom stereocenters. The number of nitrogens with zero attached hydrogens (tertiary/aromatic N) is 4. The van der Waals surface area contributed by atoms with E-state index in [0.29, 0.717) is 17.1 Å². The van der Waals surface area contributed by atoms with E-state index in [1.165, 1.54) is 11.3 Å². The Balaban J connectivity index is 1.96. The summed E-state index contributed by atoms with van der Waals surface area (Å²) in [6.45, 7) is 6.35. The van der Waals surface area contributed by atoms with Gasteiger partial charge in [0.25, 0.3) is 5.91 Å². The molecule has 0 saturated carbocycles. The summed E-state index contributed by atoms with van der Waals surface area (Å²) in [7, 11) is 3.40. The summed E-state index contributed by atoms with van der Waals surface area (Å²) in [6.07, 6.45) is 0. The number of hydrogen-bond acceptors (Lipinski definition) is 5. The molecule has 3 aromatic rings. The van der Waals surface area contributed by atoms with Crippen molar-refractivity contribution < 1.29 is 9.53 Å². The molecule has 0 spiro atoms. The molecule has 0 fully saturated rings. The highest BCUT2D eigenvalue weighted by atomic mass is 32.1. The van der Waals surface area contributed by atoms with Crippen LogP contribution < -0.4 is 14.4 Å². The molecule has 4 rings (SSSR count). The number of carbonyl (C=O) groups is 1. The number of likely N-dealkylation sites (N-methyl/N-ethyl adjacent to an activating group) is 1. The first-order valence-corrected chi connectivity index (χ1v) is 10.3. The Morgan fingerprint density at radius 2 is 1.83 bits per heavy atom. The van der Waals surface area contributed by atoms with Gasteiger partial charge in [-0.3, -0.25) is 9.79 Å². The Hall–Kier alpha value is -3.45. The summed E-state index contributed by atoms with van der Waals surface area (Å²) in [5.41, 5.74) is 4.68. The van der Waals surface area contributed by atoms with Crippen LogP contribution in [0.25, 0.3) is 11.3 Å². The molecule has 1 aliphatic rings. The van der Waals surface area contributed by atoms with Crippen molar-refractivity contribution in [2.24, 2.45) is 10.1 Å². The third-order valence-electron chi connectivity index (χ3n) is 4.78. The number of thiazole rings is 1. The van der Waals surface area contributed by atoms with E-state index in [9.17, 15) is 4.79 Å². The molecule has 30 heavy (non-hydrogen) atoms. The number of carbonyl (C=O) groups excluding carboxylic acids is 1. The average molecular weight is 419 g/mol. The van der Waals surface area contributed by atoms with Gasteiger partial charge in [-0.1, -0.05) is 42.5 Å². The van der Waals surface area contributed by atoms with Gasteiger partial charge in [0.2, 0.25) is 4.80 Å². The molecule has 1 aromatic heterocycles. The van der Waals surface area contributed by atoms with Gasteiger partial charge < -0.3 is 9.64 Å². The van der Waals surface area contributed by atoms with E-state index in [1.807, 2.05) is 60.8 Å². The molecule has 2 aromatic carbocycles. The van der Waals surface area contributed by atoms with Gasteiger partial charge in [0.1, 0.15) is 5.75 Å². The normalized spacial score (nSPS) is 15.0. The Morgan fingerprint density at radius 1 is 1.13 bits per heavy atom. The van der Waals surface area contributed by atoms with Gasteiger partial charge in [0.05, 0.1) is 25.0 Å². The lowest BCUT2D eigenvalue weighted by Crippen LogP contribution is -2.27. The fraction of sp³-hybridized carbons (Fsp3) is 0.174. The minimum atomic E-state index is -0.147. The summed E-state index contributed by atoms with van der Waals surface area (Å²) in [5, 5.41) is 6.77. The predicted octanol–water partition coefficient (Wildman–Crippen LogP) is 3.93. The van der Waals surface area contributed by atoms with E-state index in [-0.39, 0.29) is 5.91 Å². The zero-order chi connectivity index (χ0) is 21.3. The van der Waals surface area contributed by atoms with Crippen molar-refractivity contribution >= 4 is 28.6 Å². The van der Waals surface area contributed by atoms with Gasteiger partial charge >= 0.3 is 0 Å². The maximum Gasteiger partial charge on any atom is 0.279 e. The lowest BCUT2D eigenvalue weighted by atomic mass is 10.1. The zero-order valence-electron chi connectivity index (χ0n) is 17.1. The molecule has 0 bridgehead atoms. The van der Waals surface area contributed by atoms with Crippen molar-refractivity contribution in [2.75, 3.05) is 25.6 Å². The number of rotatable bonds is 5. The van der Waals surface area contributed by atoms with Crippen LogP contribution in [0.4, 0.5) is 5.69 Å². The zero-order valence-corrected chi connectivity index (χ0v) is 17.9. The number of aromatic nitrogens is 1. The number of methoxy groups -OCH3 is 1. The molecule has 0 N–H and O–H groups in total. The highest BCUT2D eigenvalue weighted by molar-refractivity contribution is 7.07. The van der Waals surface area contributed by atoms with E-state index in [4.69, 9.17) is 9.84 Å². The standard InChI is InChI=1S/C23H22N4O2S/c1-15(2)13-24-23-27(19(14-30-23)16-9-6-8-12-20(16)29-4)25-21-17-10-5-7-11-18(17)26(3)22(21)28/h5-12,14H,1,13H2,2-4H3. The number of ether oxygens (including phenoxy) is 1. The van der Waals surface area contributed by atoms with Crippen molar-refractivity contribution in [3.8, 4) is 17.0 Å². The highest BCUT2D eigenvalue weighted by Crippen LogP contribution is 2.31. The molecule has 1 aliphatic heterocycles. The monoisotopic (exact) mass is 418 g/mol. The Bertz CT molecular complexity index is 1240. The lowest BCUT2D eigenvalue weighted by Gasteiger charge is -2.09. The van der Waals surface area contributed by atoms with Crippen LogP contribution in [0.5, 0.6) is 5.75 Å². The SMILES string of the molecule is C=C(C)CN=c1scc(-c2ccccc2OC)n1N=C1C(=O)N(C)c2ccccc21. The number of benzene rings is 2. The van der Waals surface area contributed by atoms with Crippen LogP contribution in [-0.2, 0) is 4.79 Å². The van der Waals surface area contributed by atoms with E-state index >= 15 is 0 Å². The van der Waals surface area contributed by atoms with Crippen molar-refractivity contribution in [1.82, 2.24) is 4.68 Å². The molecule has 0 radical (unpaired) electrons. The van der Waals surface area contributed by atoms with Crippen LogP contribution in [0.3, 0.4) is 0 Å². The third-order valence-corrected chi connectivity index (χ3v) is 5.63. The summed E-state index contributed by atoms with van der Waals surface area (Å²) >= 11 is 1.47. The smallest absolute Gasteiger partial charge is 0.279 e. The molecular weight excluding hydrogens is 396 g/mol. The van der Waals surface area contributed by atoms with Crippen LogP contribution in [0.2, 0.25) is 0 Å². The molecule has 0 aliphatic carbocycles. The first-order chi connectivity index (χ1) is 14.5. The van der Waals surface area contributed by atoms with E-state index < -0.39 is 0 Å².